The van der Waals surface area contributed by atoms with Crippen LogP contribution in [0.15, 0.2) is 18.2 Å². The summed E-state index contributed by atoms with van der Waals surface area (Å²) in [5.41, 5.74) is 1.05. The summed E-state index contributed by atoms with van der Waals surface area (Å²) in [5, 5.41) is 0. The van der Waals surface area contributed by atoms with Crippen molar-refractivity contribution in [2.75, 3.05) is 53.7 Å². The highest BCUT2D eigenvalue weighted by molar-refractivity contribution is 5.40. The molecule has 222 valence electrons. The number of aryl methyl sites for hydroxylation is 1. The first kappa shape index (κ1) is 30.6. The molecule has 1 aromatic carbocycles. The molecule has 2 saturated carbocycles. The van der Waals surface area contributed by atoms with Crippen molar-refractivity contribution in [2.24, 2.45) is 17.3 Å². The van der Waals surface area contributed by atoms with Crippen LogP contribution in [-0.2, 0) is 20.6 Å². The average Bonchev–Trinajstić information content (AvgIpc) is 3.22. The maximum absolute atomic E-state index is 13.0. The molecule has 3 aliphatic carbocycles. The standard InChI is InChI=1S/C31H48F3NO4/c1-29(2,31(32,33)34)39-20-16-35(4)15-19-38-28-12-11-27-26-9-7-22-21-23(37-18-6-17-36-5)8-10-24(22)25(26)13-14-30(27,28)3/h8,10,21,25-28H,6-7,9,11-20H2,1-5H3/t25?,26?,27?,28-,30-/m0/s1. The number of rotatable bonds is 13. The Labute approximate surface area is 232 Å². The molecule has 0 saturated heterocycles. The number of hydrogen-bond acceptors (Lipinski definition) is 5. The number of nitrogens with zero attached hydrogens (tertiary/aromatic N) is 1. The van der Waals surface area contributed by atoms with E-state index < -0.39 is 11.8 Å². The zero-order valence-corrected chi connectivity index (χ0v) is 24.4. The largest absolute Gasteiger partial charge is 0.493 e. The molecule has 2 fully saturated rings. The minimum Gasteiger partial charge on any atom is -0.493 e. The van der Waals surface area contributed by atoms with Crippen molar-refractivity contribution in [3.63, 3.8) is 0 Å². The molecule has 4 rings (SSSR count). The molecule has 8 heteroatoms. The van der Waals surface area contributed by atoms with Crippen LogP contribution in [0.4, 0.5) is 13.2 Å². The Balaban J connectivity index is 1.26. The average molecular weight is 556 g/mol. The van der Waals surface area contributed by atoms with Gasteiger partial charge in [-0.1, -0.05) is 13.0 Å². The van der Waals surface area contributed by atoms with Gasteiger partial charge in [-0.25, -0.2) is 0 Å². The van der Waals surface area contributed by atoms with Gasteiger partial charge in [-0.15, -0.1) is 0 Å². The Morgan fingerprint density at radius 2 is 1.77 bits per heavy atom. The first-order valence-corrected chi connectivity index (χ1v) is 14.7. The van der Waals surface area contributed by atoms with Gasteiger partial charge in [0.25, 0.3) is 0 Å². The first-order valence-electron chi connectivity index (χ1n) is 14.7. The predicted octanol–water partition coefficient (Wildman–Crippen LogP) is 6.63. The zero-order valence-electron chi connectivity index (χ0n) is 24.4. The van der Waals surface area contributed by atoms with Crippen LogP contribution in [0.1, 0.15) is 76.3 Å². The normalized spacial score (nSPS) is 28.7. The number of alkyl halides is 3. The minimum atomic E-state index is -4.37. The maximum Gasteiger partial charge on any atom is 0.416 e. The molecule has 5 nitrogen and oxygen atoms in total. The lowest BCUT2D eigenvalue weighted by Crippen LogP contribution is -2.45. The van der Waals surface area contributed by atoms with Gasteiger partial charge in [-0.2, -0.15) is 13.2 Å². The third kappa shape index (κ3) is 6.94. The van der Waals surface area contributed by atoms with Crippen molar-refractivity contribution in [1.29, 1.82) is 0 Å². The van der Waals surface area contributed by atoms with E-state index >= 15 is 0 Å². The van der Waals surface area contributed by atoms with Crippen molar-refractivity contribution in [3.8, 4) is 5.75 Å². The summed E-state index contributed by atoms with van der Waals surface area (Å²) >= 11 is 0. The molecule has 0 radical (unpaired) electrons. The van der Waals surface area contributed by atoms with E-state index in [2.05, 4.69) is 25.1 Å². The van der Waals surface area contributed by atoms with Crippen molar-refractivity contribution < 1.29 is 32.1 Å². The van der Waals surface area contributed by atoms with Crippen molar-refractivity contribution in [2.45, 2.75) is 89.5 Å². The topological polar surface area (TPSA) is 40.2 Å². The highest BCUT2D eigenvalue weighted by atomic mass is 19.4. The van der Waals surface area contributed by atoms with E-state index in [9.17, 15) is 13.2 Å². The highest BCUT2D eigenvalue weighted by Crippen LogP contribution is 2.61. The number of likely N-dealkylation sites (N-methyl/N-ethyl adjacent to an activating group) is 1. The van der Waals surface area contributed by atoms with Crippen molar-refractivity contribution >= 4 is 0 Å². The summed E-state index contributed by atoms with van der Waals surface area (Å²) in [4.78, 5) is 1.99. The summed E-state index contributed by atoms with van der Waals surface area (Å²) in [6.07, 6.45) is 3.81. The quantitative estimate of drug-likeness (QED) is 0.256. The fourth-order valence-corrected chi connectivity index (χ4v) is 7.27. The van der Waals surface area contributed by atoms with Gasteiger partial charge < -0.3 is 23.8 Å². The summed E-state index contributed by atoms with van der Waals surface area (Å²) < 4.78 is 61.7. The van der Waals surface area contributed by atoms with Crippen LogP contribution in [0.25, 0.3) is 0 Å². The van der Waals surface area contributed by atoms with Gasteiger partial charge in [-0.05, 0) is 106 Å². The van der Waals surface area contributed by atoms with E-state index in [0.29, 0.717) is 44.1 Å². The van der Waals surface area contributed by atoms with E-state index in [-0.39, 0.29) is 18.1 Å². The van der Waals surface area contributed by atoms with E-state index in [4.69, 9.17) is 18.9 Å². The van der Waals surface area contributed by atoms with E-state index in [1.54, 1.807) is 7.11 Å². The lowest BCUT2D eigenvalue weighted by Gasteiger charge is -2.50. The predicted molar refractivity (Wildman–Crippen MR) is 146 cm³/mol. The first-order chi connectivity index (χ1) is 18.5. The Kier molecular flexibility index (Phi) is 9.94. The van der Waals surface area contributed by atoms with Gasteiger partial charge in [0.2, 0.25) is 0 Å². The van der Waals surface area contributed by atoms with Crippen molar-refractivity contribution in [3.05, 3.63) is 29.3 Å². The van der Waals surface area contributed by atoms with Crippen LogP contribution in [0.5, 0.6) is 5.75 Å². The molecular formula is C31H48F3NO4. The molecule has 5 atom stereocenters. The van der Waals surface area contributed by atoms with Crippen molar-refractivity contribution in [1.82, 2.24) is 4.90 Å². The van der Waals surface area contributed by atoms with Crippen LogP contribution >= 0.6 is 0 Å². The maximum atomic E-state index is 13.0. The summed E-state index contributed by atoms with van der Waals surface area (Å²) in [7, 11) is 3.63. The van der Waals surface area contributed by atoms with Crippen LogP contribution in [0.2, 0.25) is 0 Å². The second kappa shape index (κ2) is 12.7. The molecule has 0 bridgehead atoms. The number of ether oxygens (including phenoxy) is 4. The van der Waals surface area contributed by atoms with Crippen LogP contribution in [-0.4, -0.2) is 76.5 Å². The Morgan fingerprint density at radius 3 is 2.51 bits per heavy atom. The number of halogens is 3. The van der Waals surface area contributed by atoms with Gasteiger partial charge in [0.05, 0.1) is 25.9 Å². The zero-order chi connectivity index (χ0) is 28.3. The number of methoxy groups -OCH3 is 1. The fraction of sp³-hybridized carbons (Fsp3) is 0.806. The molecule has 0 aromatic heterocycles. The Bertz CT molecular complexity index is 939. The summed E-state index contributed by atoms with van der Waals surface area (Å²) in [6.45, 7) is 7.74. The molecule has 0 N–H and O–H groups in total. The number of hydrogen-bond donors (Lipinski definition) is 0. The van der Waals surface area contributed by atoms with Crippen LogP contribution in [0.3, 0.4) is 0 Å². The Hall–Kier alpha value is -1.35. The van der Waals surface area contributed by atoms with Gasteiger partial charge in [0.1, 0.15) is 5.75 Å². The summed E-state index contributed by atoms with van der Waals surface area (Å²) in [5.74, 6) is 2.98. The molecule has 0 heterocycles. The Morgan fingerprint density at radius 1 is 1.00 bits per heavy atom. The third-order valence-corrected chi connectivity index (χ3v) is 9.78. The van der Waals surface area contributed by atoms with Gasteiger partial charge in [-0.3, -0.25) is 0 Å². The molecule has 0 aliphatic heterocycles. The second-order valence-corrected chi connectivity index (χ2v) is 12.6. The molecule has 3 unspecified atom stereocenters. The lowest BCUT2D eigenvalue weighted by atomic mass is 9.55. The van der Waals surface area contributed by atoms with Gasteiger partial charge >= 0.3 is 6.18 Å². The highest BCUT2D eigenvalue weighted by Gasteiger charge is 2.55. The second-order valence-electron chi connectivity index (χ2n) is 12.6. The lowest BCUT2D eigenvalue weighted by molar-refractivity contribution is -0.264. The van der Waals surface area contributed by atoms with E-state index in [0.717, 1.165) is 45.5 Å². The monoisotopic (exact) mass is 555 g/mol. The smallest absolute Gasteiger partial charge is 0.416 e. The molecule has 0 spiro atoms. The fourth-order valence-electron chi connectivity index (χ4n) is 7.27. The molecule has 0 amide bonds. The van der Waals surface area contributed by atoms with E-state index in [1.165, 1.54) is 36.8 Å². The SMILES string of the molecule is COCCCOc1ccc2c(c1)CCC1C2CC[C@@]2(C)C1CC[C@@H]2OCCN(C)CCOC(C)(C)C(F)(F)F. The third-order valence-electron chi connectivity index (χ3n) is 9.78. The summed E-state index contributed by atoms with van der Waals surface area (Å²) in [6, 6.07) is 6.73. The minimum absolute atomic E-state index is 0.0399. The van der Waals surface area contributed by atoms with Gasteiger partial charge in [0, 0.05) is 33.2 Å². The number of benzene rings is 1. The van der Waals surface area contributed by atoms with Crippen LogP contribution in [0, 0.1) is 17.3 Å². The van der Waals surface area contributed by atoms with E-state index in [1.807, 2.05) is 11.9 Å². The molecule has 39 heavy (non-hydrogen) atoms. The molecule has 1 aromatic rings. The number of fused-ring (bicyclic) bond motifs is 5. The molecular weight excluding hydrogens is 507 g/mol. The van der Waals surface area contributed by atoms with Crippen LogP contribution < -0.4 is 4.74 Å². The van der Waals surface area contributed by atoms with Gasteiger partial charge in [0.15, 0.2) is 5.60 Å². The molecule has 3 aliphatic rings.